The molecule has 200 valence electrons. The van der Waals surface area contributed by atoms with Gasteiger partial charge in [-0.1, -0.05) is 30.0 Å². The van der Waals surface area contributed by atoms with Gasteiger partial charge in [0.15, 0.2) is 0 Å². The van der Waals surface area contributed by atoms with Crippen molar-refractivity contribution < 1.29 is 14.3 Å². The predicted molar refractivity (Wildman–Crippen MR) is 151 cm³/mol. The fourth-order valence-corrected chi connectivity index (χ4v) is 5.02. The molecule has 2 heterocycles. The Hall–Kier alpha value is -3.56. The van der Waals surface area contributed by atoms with Gasteiger partial charge in [0.25, 0.3) is 0 Å². The molecule has 8 nitrogen and oxygen atoms in total. The molecule has 0 aliphatic carbocycles. The van der Waals surface area contributed by atoms with Crippen molar-refractivity contribution in [3.05, 3.63) is 78.5 Å². The second kappa shape index (κ2) is 13.8. The van der Waals surface area contributed by atoms with E-state index in [9.17, 15) is 4.79 Å². The van der Waals surface area contributed by atoms with E-state index in [1.807, 2.05) is 48.7 Å². The van der Waals surface area contributed by atoms with Gasteiger partial charge in [-0.25, -0.2) is 4.98 Å². The molecule has 1 saturated heterocycles. The predicted octanol–water partition coefficient (Wildman–Crippen LogP) is 4.79. The second-order valence-electron chi connectivity index (χ2n) is 9.08. The van der Waals surface area contributed by atoms with Crippen molar-refractivity contribution in [2.45, 2.75) is 35.7 Å². The molecule has 2 N–H and O–H groups in total. The van der Waals surface area contributed by atoms with Crippen LogP contribution in [0.25, 0.3) is 0 Å². The van der Waals surface area contributed by atoms with Gasteiger partial charge in [0.05, 0.1) is 18.2 Å². The van der Waals surface area contributed by atoms with Crippen LogP contribution in [-0.2, 0) is 6.61 Å². The first-order valence-electron chi connectivity index (χ1n) is 12.8. The number of unbranched alkanes of at least 4 members (excludes halogenated alkanes) is 2. The zero-order valence-electron chi connectivity index (χ0n) is 21.8. The standard InChI is InChI=1S/C29H35N5O3S/c1-3-4-5-6-14-33-15-17-34(18-16-33)29-31-20-26(38-25-12-10-23(11-13-25)27(30)35)28(32-29)37-21-22-8-7-9-24(19-22)36-2/h3,7-13,19-20H,1,4-6,14-18,21H2,2H3,(H2,30,35). The topological polar surface area (TPSA) is 93.8 Å². The van der Waals surface area contributed by atoms with Crippen molar-refractivity contribution in [1.82, 2.24) is 14.9 Å². The van der Waals surface area contributed by atoms with Gasteiger partial charge >= 0.3 is 0 Å². The molecule has 2 aromatic carbocycles. The summed E-state index contributed by atoms with van der Waals surface area (Å²) in [5.41, 5.74) is 6.83. The molecule has 1 aliphatic heterocycles. The van der Waals surface area contributed by atoms with Crippen molar-refractivity contribution >= 4 is 23.6 Å². The molecular formula is C29H35N5O3S. The molecule has 0 spiro atoms. The summed E-state index contributed by atoms with van der Waals surface area (Å²) in [7, 11) is 1.65. The minimum Gasteiger partial charge on any atom is -0.497 e. The average molecular weight is 534 g/mol. The van der Waals surface area contributed by atoms with E-state index in [1.165, 1.54) is 24.6 Å². The summed E-state index contributed by atoms with van der Waals surface area (Å²) in [6.45, 7) is 8.98. The molecule has 4 rings (SSSR count). The first-order chi connectivity index (χ1) is 18.6. The van der Waals surface area contributed by atoms with Gasteiger partial charge in [0, 0.05) is 36.6 Å². The number of anilines is 1. The van der Waals surface area contributed by atoms with Gasteiger partial charge in [0.1, 0.15) is 12.4 Å². The number of ether oxygens (including phenoxy) is 2. The lowest BCUT2D eigenvalue weighted by Crippen LogP contribution is -2.47. The number of rotatable bonds is 13. The van der Waals surface area contributed by atoms with Crippen LogP contribution in [0.3, 0.4) is 0 Å². The lowest BCUT2D eigenvalue weighted by Gasteiger charge is -2.34. The van der Waals surface area contributed by atoms with Gasteiger partial charge in [0.2, 0.25) is 17.7 Å². The highest BCUT2D eigenvalue weighted by Gasteiger charge is 2.21. The fraction of sp³-hybridized carbons (Fsp3) is 0.345. The third kappa shape index (κ3) is 7.72. The Bertz CT molecular complexity index is 1210. The van der Waals surface area contributed by atoms with Crippen LogP contribution in [0.2, 0.25) is 0 Å². The van der Waals surface area contributed by atoms with Crippen molar-refractivity contribution in [1.29, 1.82) is 0 Å². The molecule has 1 amide bonds. The summed E-state index contributed by atoms with van der Waals surface area (Å²) in [5.74, 6) is 1.52. The quantitative estimate of drug-likeness (QED) is 0.248. The Morgan fingerprint density at radius 3 is 2.63 bits per heavy atom. The molecule has 0 bridgehead atoms. The van der Waals surface area contributed by atoms with E-state index >= 15 is 0 Å². The second-order valence-corrected chi connectivity index (χ2v) is 10.2. The van der Waals surface area contributed by atoms with Gasteiger partial charge in [-0.2, -0.15) is 4.98 Å². The number of primary amides is 1. The van der Waals surface area contributed by atoms with Crippen molar-refractivity contribution in [3.63, 3.8) is 0 Å². The number of carbonyl (C=O) groups excluding carboxylic acids is 1. The average Bonchev–Trinajstić information content (AvgIpc) is 2.95. The number of hydrogen-bond donors (Lipinski definition) is 1. The van der Waals surface area contributed by atoms with Gasteiger partial charge in [-0.05, 0) is 67.8 Å². The Labute approximate surface area is 228 Å². The molecule has 1 aliphatic rings. The molecule has 9 heteroatoms. The lowest BCUT2D eigenvalue weighted by molar-refractivity contribution is 0.1000. The SMILES string of the molecule is C=CCCCCN1CCN(c2ncc(Sc3ccc(C(N)=O)cc3)c(OCc3cccc(OC)c3)n2)CC1. The number of methoxy groups -OCH3 is 1. The largest absolute Gasteiger partial charge is 0.497 e. The molecule has 0 atom stereocenters. The number of nitrogens with zero attached hydrogens (tertiary/aromatic N) is 4. The lowest BCUT2D eigenvalue weighted by atomic mass is 10.2. The van der Waals surface area contributed by atoms with Crippen LogP contribution in [0.15, 0.2) is 77.2 Å². The maximum atomic E-state index is 11.4. The Balaban J connectivity index is 1.48. The fourth-order valence-electron chi connectivity index (χ4n) is 4.20. The number of allylic oxidation sites excluding steroid dienone is 1. The van der Waals surface area contributed by atoms with Crippen LogP contribution in [0.4, 0.5) is 5.95 Å². The Morgan fingerprint density at radius 1 is 1.13 bits per heavy atom. The van der Waals surface area contributed by atoms with E-state index in [2.05, 4.69) is 21.4 Å². The first kappa shape index (κ1) is 27.5. The van der Waals surface area contributed by atoms with E-state index in [0.717, 1.165) is 60.2 Å². The van der Waals surface area contributed by atoms with Crippen molar-refractivity contribution in [2.24, 2.45) is 5.73 Å². The maximum Gasteiger partial charge on any atom is 0.248 e. The molecule has 3 aromatic rings. The van der Waals surface area contributed by atoms with Crippen LogP contribution < -0.4 is 20.1 Å². The summed E-state index contributed by atoms with van der Waals surface area (Å²) in [6, 6.07) is 14.9. The van der Waals surface area contributed by atoms with Crippen LogP contribution >= 0.6 is 11.8 Å². The van der Waals surface area contributed by atoms with E-state index in [-0.39, 0.29) is 0 Å². The Morgan fingerprint density at radius 2 is 1.92 bits per heavy atom. The molecule has 1 aromatic heterocycles. The normalized spacial score (nSPS) is 13.8. The third-order valence-corrected chi connectivity index (χ3v) is 7.38. The smallest absolute Gasteiger partial charge is 0.248 e. The van der Waals surface area contributed by atoms with Gasteiger partial charge in [-0.15, -0.1) is 6.58 Å². The van der Waals surface area contributed by atoms with Crippen LogP contribution in [0, 0.1) is 0 Å². The highest BCUT2D eigenvalue weighted by molar-refractivity contribution is 7.99. The number of benzene rings is 2. The molecule has 0 saturated carbocycles. The summed E-state index contributed by atoms with van der Waals surface area (Å²) in [4.78, 5) is 27.4. The molecular weight excluding hydrogens is 498 g/mol. The van der Waals surface area contributed by atoms with E-state index in [0.29, 0.717) is 24.0 Å². The monoisotopic (exact) mass is 533 g/mol. The first-order valence-corrected chi connectivity index (χ1v) is 13.7. The highest BCUT2D eigenvalue weighted by atomic mass is 32.2. The number of hydrogen-bond acceptors (Lipinski definition) is 8. The highest BCUT2D eigenvalue weighted by Crippen LogP contribution is 2.35. The van der Waals surface area contributed by atoms with Crippen LogP contribution in [0.1, 0.15) is 35.2 Å². The summed E-state index contributed by atoms with van der Waals surface area (Å²) in [6.07, 6.45) is 7.26. The zero-order chi connectivity index (χ0) is 26.7. The van der Waals surface area contributed by atoms with Gasteiger partial charge < -0.3 is 20.1 Å². The Kier molecular flexibility index (Phi) is 10.0. The summed E-state index contributed by atoms with van der Waals surface area (Å²) >= 11 is 1.49. The van der Waals surface area contributed by atoms with Gasteiger partial charge in [-0.3, -0.25) is 9.69 Å². The van der Waals surface area contributed by atoms with E-state index in [1.54, 1.807) is 19.2 Å². The number of aromatic nitrogens is 2. The van der Waals surface area contributed by atoms with Crippen LogP contribution in [-0.4, -0.2) is 60.6 Å². The molecule has 38 heavy (non-hydrogen) atoms. The summed E-state index contributed by atoms with van der Waals surface area (Å²) < 4.78 is 11.6. The number of nitrogens with two attached hydrogens (primary N) is 1. The third-order valence-electron chi connectivity index (χ3n) is 6.37. The minimum atomic E-state index is -0.451. The van der Waals surface area contributed by atoms with E-state index < -0.39 is 5.91 Å². The molecule has 0 unspecified atom stereocenters. The maximum absolute atomic E-state index is 11.4. The van der Waals surface area contributed by atoms with E-state index in [4.69, 9.17) is 20.2 Å². The number of carbonyl (C=O) groups is 1. The molecule has 1 fully saturated rings. The number of piperazine rings is 1. The van der Waals surface area contributed by atoms with Crippen LogP contribution in [0.5, 0.6) is 11.6 Å². The van der Waals surface area contributed by atoms with Crippen molar-refractivity contribution in [3.8, 4) is 11.6 Å². The number of amides is 1. The summed E-state index contributed by atoms with van der Waals surface area (Å²) in [5, 5.41) is 0. The zero-order valence-corrected chi connectivity index (χ0v) is 22.7. The van der Waals surface area contributed by atoms with Crippen molar-refractivity contribution in [2.75, 3.05) is 44.7 Å². The minimum absolute atomic E-state index is 0.348. The molecule has 0 radical (unpaired) electrons.